The van der Waals surface area contributed by atoms with E-state index in [1.54, 1.807) is 0 Å². The molecule has 146 valence electrons. The molecule has 0 radical (unpaired) electrons. The van der Waals surface area contributed by atoms with Gasteiger partial charge in [0.1, 0.15) is 11.3 Å². The molecule has 0 aliphatic heterocycles. The SMILES string of the molecule is O=C(Cc1cccc(C(F)(F)F)c1)NCCn1nnc2ccc(F)cc2c1=O. The first-order valence-electron chi connectivity index (χ1n) is 8.20. The van der Waals surface area contributed by atoms with Gasteiger partial charge < -0.3 is 5.32 Å². The lowest BCUT2D eigenvalue weighted by Gasteiger charge is -2.09. The van der Waals surface area contributed by atoms with Gasteiger partial charge in [-0.05, 0) is 29.8 Å². The standard InChI is InChI=1S/C18H14F4N4O2/c19-13-4-5-15-14(10-13)17(28)26(25-24-15)7-6-23-16(27)9-11-2-1-3-12(8-11)18(20,21)22/h1-5,8,10H,6-7,9H2,(H,23,27). The molecular weight excluding hydrogens is 380 g/mol. The molecule has 0 bridgehead atoms. The lowest BCUT2D eigenvalue weighted by Crippen LogP contribution is -2.33. The third-order valence-electron chi connectivity index (χ3n) is 3.95. The van der Waals surface area contributed by atoms with E-state index >= 15 is 0 Å². The van der Waals surface area contributed by atoms with Crippen LogP contribution < -0.4 is 10.9 Å². The number of nitrogens with zero attached hydrogens (tertiary/aromatic N) is 3. The van der Waals surface area contributed by atoms with Crippen LogP contribution in [0.25, 0.3) is 10.9 Å². The Balaban J connectivity index is 1.61. The summed E-state index contributed by atoms with van der Waals surface area (Å²) >= 11 is 0. The molecule has 10 heteroatoms. The van der Waals surface area contributed by atoms with Gasteiger partial charge in [0.2, 0.25) is 5.91 Å². The van der Waals surface area contributed by atoms with Gasteiger partial charge in [0.25, 0.3) is 5.56 Å². The molecule has 3 aromatic rings. The number of hydrogen-bond acceptors (Lipinski definition) is 4. The van der Waals surface area contributed by atoms with Crippen molar-refractivity contribution in [3.63, 3.8) is 0 Å². The predicted octanol–water partition coefficient (Wildman–Crippen LogP) is 2.31. The van der Waals surface area contributed by atoms with Crippen LogP contribution >= 0.6 is 0 Å². The molecule has 0 saturated heterocycles. The Bertz CT molecular complexity index is 1080. The van der Waals surface area contributed by atoms with Crippen LogP contribution in [0.15, 0.2) is 47.3 Å². The fourth-order valence-electron chi connectivity index (χ4n) is 2.60. The molecule has 1 aromatic heterocycles. The van der Waals surface area contributed by atoms with Crippen LogP contribution in [0, 0.1) is 5.82 Å². The Morgan fingerprint density at radius 1 is 1.14 bits per heavy atom. The highest BCUT2D eigenvalue weighted by Gasteiger charge is 2.30. The van der Waals surface area contributed by atoms with Gasteiger partial charge in [0.15, 0.2) is 0 Å². The Morgan fingerprint density at radius 3 is 2.68 bits per heavy atom. The van der Waals surface area contributed by atoms with E-state index in [0.717, 1.165) is 28.9 Å². The first-order valence-corrected chi connectivity index (χ1v) is 8.20. The minimum absolute atomic E-state index is 0.00715. The van der Waals surface area contributed by atoms with Crippen LogP contribution in [-0.4, -0.2) is 27.4 Å². The van der Waals surface area contributed by atoms with E-state index in [9.17, 15) is 27.2 Å². The highest BCUT2D eigenvalue weighted by molar-refractivity contribution is 5.78. The van der Waals surface area contributed by atoms with Gasteiger partial charge in [-0.2, -0.15) is 13.2 Å². The summed E-state index contributed by atoms with van der Waals surface area (Å²) in [6.07, 6.45) is -4.73. The zero-order chi connectivity index (χ0) is 20.3. The fraction of sp³-hybridized carbons (Fsp3) is 0.222. The van der Waals surface area contributed by atoms with E-state index in [2.05, 4.69) is 15.6 Å². The number of benzene rings is 2. The van der Waals surface area contributed by atoms with Crippen molar-refractivity contribution < 1.29 is 22.4 Å². The molecule has 2 aromatic carbocycles. The Kier molecular flexibility index (Phi) is 5.39. The lowest BCUT2D eigenvalue weighted by atomic mass is 10.1. The maximum absolute atomic E-state index is 13.3. The Labute approximate surface area is 155 Å². The Morgan fingerprint density at radius 2 is 1.93 bits per heavy atom. The van der Waals surface area contributed by atoms with Crippen molar-refractivity contribution in [2.75, 3.05) is 6.54 Å². The largest absolute Gasteiger partial charge is 0.416 e. The van der Waals surface area contributed by atoms with Crippen molar-refractivity contribution in [2.24, 2.45) is 0 Å². The second-order valence-corrected chi connectivity index (χ2v) is 6.00. The molecule has 1 heterocycles. The number of carbonyl (C=O) groups excluding carboxylic acids is 1. The quantitative estimate of drug-likeness (QED) is 0.674. The van der Waals surface area contributed by atoms with Crippen molar-refractivity contribution in [1.82, 2.24) is 20.3 Å². The van der Waals surface area contributed by atoms with Crippen molar-refractivity contribution in [3.05, 3.63) is 69.8 Å². The van der Waals surface area contributed by atoms with E-state index in [0.29, 0.717) is 0 Å². The van der Waals surface area contributed by atoms with Gasteiger partial charge in [-0.1, -0.05) is 23.4 Å². The smallest absolute Gasteiger partial charge is 0.354 e. The van der Waals surface area contributed by atoms with Crippen LogP contribution in [0.5, 0.6) is 0 Å². The van der Waals surface area contributed by atoms with Crippen molar-refractivity contribution >= 4 is 16.8 Å². The number of aromatic nitrogens is 3. The van der Waals surface area contributed by atoms with Crippen LogP contribution in [0.3, 0.4) is 0 Å². The third-order valence-corrected chi connectivity index (χ3v) is 3.95. The summed E-state index contributed by atoms with van der Waals surface area (Å²) in [6.45, 7) is -0.0141. The molecule has 6 nitrogen and oxygen atoms in total. The predicted molar refractivity (Wildman–Crippen MR) is 91.9 cm³/mol. The minimum atomic E-state index is -4.48. The van der Waals surface area contributed by atoms with Crippen molar-refractivity contribution in [3.8, 4) is 0 Å². The fourth-order valence-corrected chi connectivity index (χ4v) is 2.60. The van der Waals surface area contributed by atoms with E-state index < -0.39 is 29.0 Å². The summed E-state index contributed by atoms with van der Waals surface area (Å²) in [6, 6.07) is 8.03. The van der Waals surface area contributed by atoms with E-state index in [1.807, 2.05) is 0 Å². The first kappa shape index (κ1) is 19.5. The summed E-state index contributed by atoms with van der Waals surface area (Å²) < 4.78 is 52.4. The molecule has 1 amide bonds. The monoisotopic (exact) mass is 394 g/mol. The van der Waals surface area contributed by atoms with E-state index in [1.165, 1.54) is 18.2 Å². The molecule has 0 unspecified atom stereocenters. The molecular formula is C18H14F4N4O2. The average molecular weight is 394 g/mol. The second kappa shape index (κ2) is 7.75. The summed E-state index contributed by atoms with van der Waals surface area (Å²) in [5.41, 5.74) is -0.929. The maximum Gasteiger partial charge on any atom is 0.416 e. The van der Waals surface area contributed by atoms with Gasteiger partial charge >= 0.3 is 6.18 Å². The van der Waals surface area contributed by atoms with Crippen molar-refractivity contribution in [1.29, 1.82) is 0 Å². The number of nitrogens with one attached hydrogen (secondary N) is 1. The van der Waals surface area contributed by atoms with Gasteiger partial charge in [0.05, 0.1) is 23.9 Å². The molecule has 28 heavy (non-hydrogen) atoms. The second-order valence-electron chi connectivity index (χ2n) is 6.00. The molecule has 0 aliphatic carbocycles. The summed E-state index contributed by atoms with van der Waals surface area (Å²) in [5, 5.41) is 10.1. The van der Waals surface area contributed by atoms with Gasteiger partial charge in [-0.25, -0.2) is 9.07 Å². The number of fused-ring (bicyclic) bond motifs is 1. The average Bonchev–Trinajstić information content (AvgIpc) is 2.63. The first-order chi connectivity index (χ1) is 13.2. The molecule has 0 spiro atoms. The zero-order valence-corrected chi connectivity index (χ0v) is 14.3. The number of amides is 1. The molecule has 0 saturated carbocycles. The van der Waals surface area contributed by atoms with Gasteiger partial charge in [-0.3, -0.25) is 9.59 Å². The zero-order valence-electron chi connectivity index (χ0n) is 14.3. The number of halogens is 4. The third kappa shape index (κ3) is 4.51. The van der Waals surface area contributed by atoms with Crippen LogP contribution in [-0.2, 0) is 23.9 Å². The van der Waals surface area contributed by atoms with Crippen LogP contribution in [0.4, 0.5) is 17.6 Å². The molecule has 1 N–H and O–H groups in total. The number of alkyl halides is 3. The van der Waals surface area contributed by atoms with Crippen LogP contribution in [0.1, 0.15) is 11.1 Å². The van der Waals surface area contributed by atoms with E-state index in [-0.39, 0.29) is 36.0 Å². The topological polar surface area (TPSA) is 76.9 Å². The minimum Gasteiger partial charge on any atom is -0.354 e. The molecule has 0 fully saturated rings. The molecule has 0 aliphatic rings. The number of rotatable bonds is 5. The summed E-state index contributed by atoms with van der Waals surface area (Å²) in [7, 11) is 0. The normalized spacial score (nSPS) is 11.6. The van der Waals surface area contributed by atoms with E-state index in [4.69, 9.17) is 0 Å². The summed E-state index contributed by atoms with van der Waals surface area (Å²) in [5.74, 6) is -1.09. The highest BCUT2D eigenvalue weighted by atomic mass is 19.4. The number of hydrogen-bond donors (Lipinski definition) is 1. The van der Waals surface area contributed by atoms with Crippen LogP contribution in [0.2, 0.25) is 0 Å². The summed E-state index contributed by atoms with van der Waals surface area (Å²) in [4.78, 5) is 24.2. The van der Waals surface area contributed by atoms with Gasteiger partial charge in [0, 0.05) is 6.54 Å². The number of carbonyl (C=O) groups is 1. The highest BCUT2D eigenvalue weighted by Crippen LogP contribution is 2.29. The molecule has 3 rings (SSSR count). The Hall–Kier alpha value is -3.30. The van der Waals surface area contributed by atoms with Gasteiger partial charge in [-0.15, -0.1) is 5.10 Å². The van der Waals surface area contributed by atoms with Crippen molar-refractivity contribution in [2.45, 2.75) is 19.1 Å². The maximum atomic E-state index is 13.3. The lowest BCUT2D eigenvalue weighted by molar-refractivity contribution is -0.137. The molecule has 0 atom stereocenters.